The number of fused-ring (bicyclic) bond motifs is 4. The van der Waals surface area contributed by atoms with Crippen molar-refractivity contribution in [1.29, 1.82) is 0 Å². The number of hydrogen-bond donors (Lipinski definition) is 1. The van der Waals surface area contributed by atoms with Crippen molar-refractivity contribution in [2.75, 3.05) is 26.8 Å². The molecule has 0 fully saturated rings. The van der Waals surface area contributed by atoms with Gasteiger partial charge in [-0.3, -0.25) is 9.59 Å². The number of carbonyl (C=O) groups excluding carboxylic acids is 2. The normalized spacial score (nSPS) is 25.0. The Morgan fingerprint density at radius 1 is 1.31 bits per heavy atom. The molecule has 2 bridgehead atoms. The average molecular weight is 395 g/mol. The maximum atomic E-state index is 13.5. The van der Waals surface area contributed by atoms with Gasteiger partial charge in [0.05, 0.1) is 7.11 Å². The number of H-pyrrole nitrogens is 1. The van der Waals surface area contributed by atoms with E-state index in [4.69, 9.17) is 9.47 Å². The number of para-hydroxylation sites is 1. The van der Waals surface area contributed by atoms with E-state index >= 15 is 0 Å². The van der Waals surface area contributed by atoms with Gasteiger partial charge in [0, 0.05) is 47.9 Å². The highest BCUT2D eigenvalue weighted by molar-refractivity contribution is 5.93. The minimum atomic E-state index is -1.12. The Hall–Kier alpha value is -2.89. The van der Waals surface area contributed by atoms with Crippen LogP contribution in [0.15, 0.2) is 35.9 Å². The highest BCUT2D eigenvalue weighted by atomic mass is 16.5. The van der Waals surface area contributed by atoms with Crippen LogP contribution < -0.4 is 0 Å². The fourth-order valence-electron chi connectivity index (χ4n) is 4.95. The van der Waals surface area contributed by atoms with E-state index in [0.717, 1.165) is 53.7 Å². The van der Waals surface area contributed by atoms with Crippen molar-refractivity contribution in [3.63, 3.8) is 0 Å². The van der Waals surface area contributed by atoms with Gasteiger partial charge in [0.1, 0.15) is 25.1 Å². The van der Waals surface area contributed by atoms with Crippen LogP contribution in [0.1, 0.15) is 31.5 Å². The molecule has 1 aromatic carbocycles. The molecular weight excluding hydrogens is 368 g/mol. The van der Waals surface area contributed by atoms with Gasteiger partial charge >= 0.3 is 11.9 Å². The predicted octanol–water partition coefficient (Wildman–Crippen LogP) is 2.75. The molecule has 0 saturated heterocycles. The number of aromatic nitrogens is 1. The Morgan fingerprint density at radius 2 is 2.10 bits per heavy atom. The summed E-state index contributed by atoms with van der Waals surface area (Å²) in [7, 11) is 1.40. The molecule has 0 aliphatic carbocycles. The van der Waals surface area contributed by atoms with E-state index in [1.54, 1.807) is 0 Å². The number of nitrogens with zero attached hydrogens (tertiary/aromatic N) is 1. The Balaban J connectivity index is 2.05. The lowest BCUT2D eigenvalue weighted by atomic mass is 9.66. The maximum Gasteiger partial charge on any atom is 0.322 e. The molecule has 6 heteroatoms. The molecule has 152 valence electrons. The van der Waals surface area contributed by atoms with Gasteiger partial charge in [0.15, 0.2) is 6.21 Å². The van der Waals surface area contributed by atoms with E-state index < -0.39 is 11.4 Å². The Labute approximate surface area is 170 Å². The van der Waals surface area contributed by atoms with E-state index in [2.05, 4.69) is 27.9 Å². The minimum Gasteiger partial charge on any atom is -0.468 e. The van der Waals surface area contributed by atoms with Crippen LogP contribution in [-0.2, 0) is 30.9 Å². The van der Waals surface area contributed by atoms with Crippen LogP contribution in [0.5, 0.6) is 0 Å². The first-order valence-corrected chi connectivity index (χ1v) is 10.1. The number of esters is 2. The molecule has 3 aliphatic heterocycles. The first-order chi connectivity index (χ1) is 14.0. The number of hydrogen-bond acceptors (Lipinski definition) is 4. The van der Waals surface area contributed by atoms with Gasteiger partial charge in [0.25, 0.3) is 0 Å². The number of rotatable bonds is 3. The SMILES string of the molecule is CC=C1C=[N+]2CCc3c([nH]c4ccccc34)[C@@](COC(C)=O)(C(=O)OC)[C@H]1CC2. The quantitative estimate of drug-likeness (QED) is 0.641. The van der Waals surface area contributed by atoms with E-state index in [9.17, 15) is 9.59 Å². The summed E-state index contributed by atoms with van der Waals surface area (Å²) in [5, 5.41) is 1.10. The molecule has 4 heterocycles. The molecule has 2 aromatic rings. The van der Waals surface area contributed by atoms with Gasteiger partial charge in [-0.15, -0.1) is 0 Å². The molecule has 3 aliphatic rings. The van der Waals surface area contributed by atoms with Crippen LogP contribution in [0.25, 0.3) is 10.9 Å². The van der Waals surface area contributed by atoms with Crippen LogP contribution in [0.3, 0.4) is 0 Å². The Morgan fingerprint density at radius 3 is 2.83 bits per heavy atom. The lowest BCUT2D eigenvalue weighted by Crippen LogP contribution is -2.51. The summed E-state index contributed by atoms with van der Waals surface area (Å²) < 4.78 is 13.2. The molecule has 1 N–H and O–H groups in total. The lowest BCUT2D eigenvalue weighted by Gasteiger charge is -2.38. The molecule has 0 amide bonds. The third kappa shape index (κ3) is 3.07. The highest BCUT2D eigenvalue weighted by Crippen LogP contribution is 2.45. The number of aromatic amines is 1. The number of allylic oxidation sites excluding steroid dienone is 2. The number of benzene rings is 1. The number of ether oxygens (including phenoxy) is 2. The third-order valence-electron chi connectivity index (χ3n) is 6.33. The summed E-state index contributed by atoms with van der Waals surface area (Å²) in [5.74, 6) is -0.936. The van der Waals surface area contributed by atoms with Crippen LogP contribution in [-0.4, -0.2) is 54.5 Å². The van der Waals surface area contributed by atoms with Gasteiger partial charge in [-0.05, 0) is 18.6 Å². The number of nitrogens with one attached hydrogen (secondary N) is 1. The largest absolute Gasteiger partial charge is 0.468 e. The summed E-state index contributed by atoms with van der Waals surface area (Å²) in [4.78, 5) is 28.8. The molecular formula is C23H27N2O4+. The monoisotopic (exact) mass is 395 g/mol. The summed E-state index contributed by atoms with van der Waals surface area (Å²) in [5.41, 5.74) is 2.84. The van der Waals surface area contributed by atoms with Crippen molar-refractivity contribution in [2.45, 2.75) is 32.1 Å². The zero-order valence-electron chi connectivity index (χ0n) is 17.2. The molecule has 6 nitrogen and oxygen atoms in total. The lowest BCUT2D eigenvalue weighted by molar-refractivity contribution is -0.527. The summed E-state index contributed by atoms with van der Waals surface area (Å²) in [6.45, 7) is 5.02. The number of carbonyl (C=O) groups is 2. The second kappa shape index (κ2) is 7.50. The van der Waals surface area contributed by atoms with Crippen LogP contribution in [0, 0.1) is 5.92 Å². The molecule has 0 radical (unpaired) electrons. The van der Waals surface area contributed by atoms with Crippen LogP contribution >= 0.6 is 0 Å². The van der Waals surface area contributed by atoms with Crippen molar-refractivity contribution in [2.24, 2.45) is 5.92 Å². The highest BCUT2D eigenvalue weighted by Gasteiger charge is 2.55. The fraction of sp³-hybridized carbons (Fsp3) is 0.435. The summed E-state index contributed by atoms with van der Waals surface area (Å²) in [6.07, 6.45) is 5.77. The first-order valence-electron chi connectivity index (χ1n) is 10.1. The van der Waals surface area contributed by atoms with E-state index in [-0.39, 0.29) is 18.5 Å². The number of methoxy groups -OCH3 is 1. The smallest absolute Gasteiger partial charge is 0.322 e. The van der Waals surface area contributed by atoms with Gasteiger partial charge in [-0.2, -0.15) is 0 Å². The topological polar surface area (TPSA) is 71.4 Å². The summed E-state index contributed by atoms with van der Waals surface area (Å²) in [6, 6.07) is 8.08. The van der Waals surface area contributed by atoms with Crippen molar-refractivity contribution < 1.29 is 23.6 Å². The van der Waals surface area contributed by atoms with Gasteiger partial charge < -0.3 is 14.5 Å². The van der Waals surface area contributed by atoms with Crippen molar-refractivity contribution >= 4 is 29.1 Å². The van der Waals surface area contributed by atoms with E-state index in [1.807, 2.05) is 25.1 Å². The second-order valence-electron chi connectivity index (χ2n) is 7.81. The van der Waals surface area contributed by atoms with Gasteiger partial charge in [-0.1, -0.05) is 24.3 Å². The van der Waals surface area contributed by atoms with Crippen molar-refractivity contribution in [3.05, 3.63) is 47.2 Å². The molecule has 2 atom stereocenters. The average Bonchev–Trinajstić information content (AvgIpc) is 3.14. The van der Waals surface area contributed by atoms with E-state index in [0.29, 0.717) is 0 Å². The first kappa shape index (κ1) is 19.4. The van der Waals surface area contributed by atoms with Crippen LogP contribution in [0.2, 0.25) is 0 Å². The molecule has 0 spiro atoms. The fourth-order valence-corrected chi connectivity index (χ4v) is 4.95. The third-order valence-corrected chi connectivity index (χ3v) is 6.33. The molecule has 1 aromatic heterocycles. The predicted molar refractivity (Wildman–Crippen MR) is 110 cm³/mol. The van der Waals surface area contributed by atoms with Crippen LogP contribution in [0.4, 0.5) is 0 Å². The molecule has 0 unspecified atom stereocenters. The molecule has 0 saturated carbocycles. The zero-order valence-corrected chi connectivity index (χ0v) is 17.2. The molecule has 29 heavy (non-hydrogen) atoms. The second-order valence-corrected chi connectivity index (χ2v) is 7.81. The van der Waals surface area contributed by atoms with Gasteiger partial charge in [-0.25, -0.2) is 4.58 Å². The standard InChI is InChI=1S/C23H27N2O4/c1-4-16-13-25-11-9-18-17-7-5-6-8-20(17)24-21(18)23(22(27)28-3,14-29-15(2)26)19(16)10-12-25/h4-8,13,19,24H,9-12,14H2,1-3H3/q+1/t19-,23-/m0/s1. The van der Waals surface area contributed by atoms with E-state index in [1.165, 1.54) is 14.0 Å². The van der Waals surface area contributed by atoms with Crippen molar-refractivity contribution in [1.82, 2.24) is 4.98 Å². The van der Waals surface area contributed by atoms with Gasteiger partial charge in [0.2, 0.25) is 0 Å². The minimum absolute atomic E-state index is 0.0509. The maximum absolute atomic E-state index is 13.5. The Kier molecular flexibility index (Phi) is 5.03. The zero-order chi connectivity index (χ0) is 20.6. The Bertz CT molecular complexity index is 1030. The summed E-state index contributed by atoms with van der Waals surface area (Å²) >= 11 is 0. The molecule has 5 rings (SSSR count). The van der Waals surface area contributed by atoms with Crippen molar-refractivity contribution in [3.8, 4) is 0 Å².